The molecule has 1 aromatic rings. The number of nitrogens with zero attached hydrogens (tertiary/aromatic N) is 1. The third-order valence-electron chi connectivity index (χ3n) is 2.83. The highest BCUT2D eigenvalue weighted by molar-refractivity contribution is 5.90. The van der Waals surface area contributed by atoms with Crippen LogP contribution in [0, 0.1) is 0 Å². The Hall–Kier alpha value is -1.66. The van der Waals surface area contributed by atoms with E-state index in [0.717, 1.165) is 6.54 Å². The van der Waals surface area contributed by atoms with Crippen molar-refractivity contribution in [2.45, 2.75) is 12.5 Å². The average Bonchev–Trinajstić information content (AvgIpc) is 2.36. The van der Waals surface area contributed by atoms with Crippen LogP contribution in [-0.2, 0) is 16.6 Å². The summed E-state index contributed by atoms with van der Waals surface area (Å²) in [7, 11) is 1.65. The zero-order valence-corrected chi connectivity index (χ0v) is 10.3. The Balaban J connectivity index is 1.94. The Kier molecular flexibility index (Phi) is 4.11. The fourth-order valence-electron chi connectivity index (χ4n) is 1.87. The summed E-state index contributed by atoms with van der Waals surface area (Å²) in [5.74, 6) is -0.179. The monoisotopic (exact) mass is 251 g/mol. The largest absolute Gasteiger partial charge is 0.378 e. The standard InChI is InChI=1S/C12H17N3O3/c1-15-5-2-3-10(12(15)17)14-11(16)7-9-8-18-6-4-13-9/h2-3,5,9,13H,4,6-8H2,1H3,(H,14,16). The van der Waals surface area contributed by atoms with Crippen LogP contribution in [0.5, 0.6) is 0 Å². The molecule has 2 rings (SSSR count). The van der Waals surface area contributed by atoms with Crippen LogP contribution in [0.25, 0.3) is 0 Å². The zero-order chi connectivity index (χ0) is 13.0. The molecule has 0 aliphatic carbocycles. The van der Waals surface area contributed by atoms with Crippen molar-refractivity contribution in [1.29, 1.82) is 0 Å². The number of ether oxygens (including phenoxy) is 1. The minimum Gasteiger partial charge on any atom is -0.378 e. The Bertz CT molecular complexity index is 478. The van der Waals surface area contributed by atoms with E-state index in [2.05, 4.69) is 10.6 Å². The third kappa shape index (κ3) is 3.18. The first kappa shape index (κ1) is 12.8. The number of anilines is 1. The summed E-state index contributed by atoms with van der Waals surface area (Å²) >= 11 is 0. The highest BCUT2D eigenvalue weighted by atomic mass is 16.5. The lowest BCUT2D eigenvalue weighted by molar-refractivity contribution is -0.117. The molecule has 0 spiro atoms. The van der Waals surface area contributed by atoms with Crippen LogP contribution in [0.3, 0.4) is 0 Å². The normalized spacial score (nSPS) is 19.5. The molecule has 6 nitrogen and oxygen atoms in total. The number of carbonyl (C=O) groups excluding carboxylic acids is 1. The molecule has 0 radical (unpaired) electrons. The van der Waals surface area contributed by atoms with Gasteiger partial charge in [0.05, 0.1) is 13.2 Å². The molecule has 1 amide bonds. The van der Waals surface area contributed by atoms with Gasteiger partial charge in [-0.25, -0.2) is 0 Å². The van der Waals surface area contributed by atoms with E-state index in [1.165, 1.54) is 4.57 Å². The Morgan fingerprint density at radius 1 is 1.67 bits per heavy atom. The molecule has 18 heavy (non-hydrogen) atoms. The predicted octanol–water partition coefficient (Wildman–Crippen LogP) is -0.298. The van der Waals surface area contributed by atoms with Gasteiger partial charge in [-0.2, -0.15) is 0 Å². The average molecular weight is 251 g/mol. The summed E-state index contributed by atoms with van der Waals surface area (Å²) in [5, 5.41) is 5.82. The van der Waals surface area contributed by atoms with Crippen molar-refractivity contribution in [3.63, 3.8) is 0 Å². The van der Waals surface area contributed by atoms with Gasteiger partial charge in [0, 0.05) is 32.3 Å². The lowest BCUT2D eigenvalue weighted by Gasteiger charge is -2.23. The number of amides is 1. The molecule has 1 saturated heterocycles. The number of morpholine rings is 1. The van der Waals surface area contributed by atoms with Gasteiger partial charge in [-0.3, -0.25) is 9.59 Å². The number of hydrogen-bond acceptors (Lipinski definition) is 4. The molecule has 2 heterocycles. The molecule has 6 heteroatoms. The molecular formula is C12H17N3O3. The van der Waals surface area contributed by atoms with E-state index in [1.54, 1.807) is 25.4 Å². The van der Waals surface area contributed by atoms with E-state index in [0.29, 0.717) is 25.3 Å². The van der Waals surface area contributed by atoms with Crippen molar-refractivity contribution in [1.82, 2.24) is 9.88 Å². The molecule has 1 aliphatic rings. The lowest BCUT2D eigenvalue weighted by atomic mass is 10.2. The van der Waals surface area contributed by atoms with Crippen LogP contribution in [0.15, 0.2) is 23.1 Å². The van der Waals surface area contributed by atoms with Crippen LogP contribution in [0.4, 0.5) is 5.69 Å². The molecule has 0 bridgehead atoms. The van der Waals surface area contributed by atoms with Gasteiger partial charge in [0.25, 0.3) is 5.56 Å². The number of aryl methyl sites for hydroxylation is 1. The van der Waals surface area contributed by atoms with E-state index in [9.17, 15) is 9.59 Å². The van der Waals surface area contributed by atoms with Crippen molar-refractivity contribution < 1.29 is 9.53 Å². The summed E-state index contributed by atoms with van der Waals surface area (Å²) in [5.41, 5.74) is 0.0976. The smallest absolute Gasteiger partial charge is 0.274 e. The van der Waals surface area contributed by atoms with Crippen LogP contribution < -0.4 is 16.2 Å². The van der Waals surface area contributed by atoms with Crippen molar-refractivity contribution in [3.8, 4) is 0 Å². The fourth-order valence-corrected chi connectivity index (χ4v) is 1.87. The molecule has 0 saturated carbocycles. The van der Waals surface area contributed by atoms with Crippen LogP contribution in [0.2, 0.25) is 0 Å². The topological polar surface area (TPSA) is 72.4 Å². The highest BCUT2D eigenvalue weighted by Gasteiger charge is 2.17. The molecule has 1 aromatic heterocycles. The van der Waals surface area contributed by atoms with Crippen molar-refractivity contribution in [3.05, 3.63) is 28.7 Å². The Labute approximate surface area is 105 Å². The van der Waals surface area contributed by atoms with Gasteiger partial charge < -0.3 is 19.9 Å². The van der Waals surface area contributed by atoms with Crippen LogP contribution >= 0.6 is 0 Å². The quantitative estimate of drug-likeness (QED) is 0.774. The van der Waals surface area contributed by atoms with Gasteiger partial charge in [-0.05, 0) is 12.1 Å². The number of aromatic nitrogens is 1. The van der Waals surface area contributed by atoms with Gasteiger partial charge in [0.2, 0.25) is 5.91 Å². The zero-order valence-electron chi connectivity index (χ0n) is 10.3. The van der Waals surface area contributed by atoms with Gasteiger partial charge >= 0.3 is 0 Å². The SMILES string of the molecule is Cn1cccc(NC(=O)CC2COCCN2)c1=O. The maximum absolute atomic E-state index is 11.8. The summed E-state index contributed by atoms with van der Waals surface area (Å²) in [6, 6.07) is 3.34. The van der Waals surface area contributed by atoms with E-state index in [4.69, 9.17) is 4.74 Å². The highest BCUT2D eigenvalue weighted by Crippen LogP contribution is 2.03. The number of carbonyl (C=O) groups is 1. The first-order valence-electron chi connectivity index (χ1n) is 5.93. The van der Waals surface area contributed by atoms with E-state index in [1.807, 2.05) is 0 Å². The Morgan fingerprint density at radius 2 is 2.50 bits per heavy atom. The fraction of sp³-hybridized carbons (Fsp3) is 0.500. The summed E-state index contributed by atoms with van der Waals surface area (Å²) in [6.45, 7) is 1.96. The van der Waals surface area contributed by atoms with Crippen LogP contribution in [0.1, 0.15) is 6.42 Å². The molecule has 1 fully saturated rings. The first-order valence-corrected chi connectivity index (χ1v) is 5.93. The lowest BCUT2D eigenvalue weighted by Crippen LogP contribution is -2.43. The third-order valence-corrected chi connectivity index (χ3v) is 2.83. The number of rotatable bonds is 3. The summed E-state index contributed by atoms with van der Waals surface area (Å²) < 4.78 is 6.70. The van der Waals surface area contributed by atoms with Gasteiger partial charge in [-0.1, -0.05) is 0 Å². The number of nitrogens with one attached hydrogen (secondary N) is 2. The number of hydrogen-bond donors (Lipinski definition) is 2. The molecule has 1 atom stereocenters. The van der Waals surface area contributed by atoms with E-state index >= 15 is 0 Å². The molecule has 0 aromatic carbocycles. The van der Waals surface area contributed by atoms with E-state index in [-0.39, 0.29) is 17.5 Å². The van der Waals surface area contributed by atoms with Gasteiger partial charge in [0.1, 0.15) is 5.69 Å². The van der Waals surface area contributed by atoms with E-state index < -0.39 is 0 Å². The maximum Gasteiger partial charge on any atom is 0.274 e. The van der Waals surface area contributed by atoms with Crippen LogP contribution in [-0.4, -0.2) is 36.3 Å². The van der Waals surface area contributed by atoms with Crippen molar-refractivity contribution in [2.75, 3.05) is 25.1 Å². The Morgan fingerprint density at radius 3 is 3.22 bits per heavy atom. The molecule has 1 aliphatic heterocycles. The second-order valence-corrected chi connectivity index (χ2v) is 4.32. The van der Waals surface area contributed by atoms with Crippen molar-refractivity contribution in [2.24, 2.45) is 7.05 Å². The van der Waals surface area contributed by atoms with Gasteiger partial charge in [0.15, 0.2) is 0 Å². The molecular weight excluding hydrogens is 234 g/mol. The van der Waals surface area contributed by atoms with Gasteiger partial charge in [-0.15, -0.1) is 0 Å². The molecule has 1 unspecified atom stereocenters. The first-order chi connectivity index (χ1) is 8.66. The predicted molar refractivity (Wildman–Crippen MR) is 67.5 cm³/mol. The maximum atomic E-state index is 11.8. The summed E-state index contributed by atoms with van der Waals surface area (Å²) in [4.78, 5) is 23.5. The molecule has 98 valence electrons. The second kappa shape index (κ2) is 5.79. The minimum atomic E-state index is -0.210. The summed E-state index contributed by atoms with van der Waals surface area (Å²) in [6.07, 6.45) is 1.95. The minimum absolute atomic E-state index is 0.0197. The second-order valence-electron chi connectivity index (χ2n) is 4.32. The van der Waals surface area contributed by atoms with Crippen molar-refractivity contribution >= 4 is 11.6 Å². The number of pyridine rings is 1. The molecule has 2 N–H and O–H groups in total.